The minimum atomic E-state index is -0.130. The third-order valence-corrected chi connectivity index (χ3v) is 2.07. The summed E-state index contributed by atoms with van der Waals surface area (Å²) in [5, 5.41) is 0.492. The minimum Gasteiger partial charge on any atom is -0.383 e. The summed E-state index contributed by atoms with van der Waals surface area (Å²) < 4.78 is 4.96. The molecule has 4 heteroatoms. The van der Waals surface area contributed by atoms with Crippen LogP contribution in [0.1, 0.15) is 17.2 Å². The Hall–Kier alpha value is -0.640. The van der Waals surface area contributed by atoms with Crippen molar-refractivity contribution in [2.75, 3.05) is 13.7 Å². The van der Waals surface area contributed by atoms with Crippen molar-refractivity contribution < 1.29 is 4.74 Å². The van der Waals surface area contributed by atoms with E-state index in [1.54, 1.807) is 19.4 Å². The van der Waals surface area contributed by atoms with E-state index in [-0.39, 0.29) is 6.04 Å². The van der Waals surface area contributed by atoms with Crippen molar-refractivity contribution in [3.05, 3.63) is 28.5 Å². The summed E-state index contributed by atoms with van der Waals surface area (Å²) >= 11 is 5.72. The van der Waals surface area contributed by atoms with Crippen LogP contribution in [0.15, 0.2) is 12.3 Å². The number of rotatable bonds is 3. The van der Waals surface area contributed by atoms with E-state index < -0.39 is 0 Å². The van der Waals surface area contributed by atoms with Gasteiger partial charge in [-0.3, -0.25) is 0 Å². The molecule has 0 fully saturated rings. The molecule has 0 bridgehead atoms. The molecule has 0 saturated heterocycles. The topological polar surface area (TPSA) is 48.1 Å². The zero-order chi connectivity index (χ0) is 9.84. The van der Waals surface area contributed by atoms with Gasteiger partial charge in [0.1, 0.15) is 5.15 Å². The first-order valence-corrected chi connectivity index (χ1v) is 4.39. The predicted molar refractivity (Wildman–Crippen MR) is 52.8 cm³/mol. The van der Waals surface area contributed by atoms with Crippen LogP contribution in [-0.2, 0) is 4.74 Å². The fraction of sp³-hybridized carbons (Fsp3) is 0.444. The number of aryl methyl sites for hydroxylation is 1. The maximum Gasteiger partial charge on any atom is 0.129 e. The zero-order valence-corrected chi connectivity index (χ0v) is 8.51. The second-order valence-corrected chi connectivity index (χ2v) is 3.31. The second kappa shape index (κ2) is 4.56. The summed E-state index contributed by atoms with van der Waals surface area (Å²) in [6.07, 6.45) is 1.70. The molecule has 0 saturated carbocycles. The van der Waals surface area contributed by atoms with Crippen LogP contribution in [0.25, 0.3) is 0 Å². The smallest absolute Gasteiger partial charge is 0.129 e. The number of hydrogen-bond acceptors (Lipinski definition) is 3. The molecular weight excluding hydrogens is 188 g/mol. The Labute approximate surface area is 82.9 Å². The number of aromatic nitrogens is 1. The Kier molecular flexibility index (Phi) is 3.66. The van der Waals surface area contributed by atoms with Crippen molar-refractivity contribution in [2.24, 2.45) is 5.73 Å². The summed E-state index contributed by atoms with van der Waals surface area (Å²) in [7, 11) is 1.62. The van der Waals surface area contributed by atoms with Crippen LogP contribution in [0.4, 0.5) is 0 Å². The standard InChI is InChI=1S/C9H13ClN2O/c1-6-3-9(10)12-4-7(6)8(11)5-13-2/h3-4,8H,5,11H2,1-2H3/t8-/m0/s1. The minimum absolute atomic E-state index is 0.130. The Morgan fingerprint density at radius 2 is 2.38 bits per heavy atom. The lowest BCUT2D eigenvalue weighted by Crippen LogP contribution is -2.17. The molecule has 3 nitrogen and oxygen atoms in total. The number of hydrogen-bond donors (Lipinski definition) is 1. The first-order chi connectivity index (χ1) is 6.15. The summed E-state index contributed by atoms with van der Waals surface area (Å²) in [5.41, 5.74) is 7.87. The van der Waals surface area contributed by atoms with E-state index in [4.69, 9.17) is 22.1 Å². The predicted octanol–water partition coefficient (Wildman–Crippen LogP) is 1.69. The Bertz CT molecular complexity index is 291. The zero-order valence-electron chi connectivity index (χ0n) is 7.75. The first-order valence-electron chi connectivity index (χ1n) is 4.01. The molecule has 0 radical (unpaired) electrons. The number of methoxy groups -OCH3 is 1. The molecular formula is C9H13ClN2O. The Morgan fingerprint density at radius 1 is 1.69 bits per heavy atom. The molecule has 1 rings (SSSR count). The van der Waals surface area contributed by atoms with E-state index in [2.05, 4.69) is 4.98 Å². The van der Waals surface area contributed by atoms with Crippen molar-refractivity contribution in [1.82, 2.24) is 4.98 Å². The van der Waals surface area contributed by atoms with Crippen molar-refractivity contribution in [1.29, 1.82) is 0 Å². The molecule has 1 atom stereocenters. The van der Waals surface area contributed by atoms with Crippen LogP contribution in [0, 0.1) is 6.92 Å². The van der Waals surface area contributed by atoms with Crippen LogP contribution in [0.2, 0.25) is 5.15 Å². The number of halogens is 1. The normalized spacial score (nSPS) is 12.9. The van der Waals surface area contributed by atoms with Gasteiger partial charge >= 0.3 is 0 Å². The molecule has 0 unspecified atom stereocenters. The Balaban J connectivity index is 2.88. The van der Waals surface area contributed by atoms with Gasteiger partial charge in [0.05, 0.1) is 12.6 Å². The highest BCUT2D eigenvalue weighted by atomic mass is 35.5. The summed E-state index contributed by atoms with van der Waals surface area (Å²) in [5.74, 6) is 0. The lowest BCUT2D eigenvalue weighted by atomic mass is 10.1. The van der Waals surface area contributed by atoms with Gasteiger partial charge in [-0.1, -0.05) is 11.6 Å². The van der Waals surface area contributed by atoms with Gasteiger partial charge in [-0.15, -0.1) is 0 Å². The quantitative estimate of drug-likeness (QED) is 0.756. The van der Waals surface area contributed by atoms with Crippen molar-refractivity contribution in [2.45, 2.75) is 13.0 Å². The maximum atomic E-state index is 5.85. The molecule has 1 heterocycles. The van der Waals surface area contributed by atoms with Gasteiger partial charge in [-0.05, 0) is 24.1 Å². The van der Waals surface area contributed by atoms with Crippen LogP contribution < -0.4 is 5.73 Å². The highest BCUT2D eigenvalue weighted by Gasteiger charge is 2.09. The molecule has 0 aromatic carbocycles. The Morgan fingerprint density at radius 3 is 2.92 bits per heavy atom. The van der Waals surface area contributed by atoms with Crippen LogP contribution in [0.3, 0.4) is 0 Å². The van der Waals surface area contributed by atoms with Gasteiger partial charge in [-0.25, -0.2) is 4.98 Å². The van der Waals surface area contributed by atoms with Crippen molar-refractivity contribution >= 4 is 11.6 Å². The number of ether oxygens (including phenoxy) is 1. The highest BCUT2D eigenvalue weighted by molar-refractivity contribution is 6.29. The second-order valence-electron chi connectivity index (χ2n) is 2.93. The van der Waals surface area contributed by atoms with Crippen LogP contribution in [-0.4, -0.2) is 18.7 Å². The fourth-order valence-electron chi connectivity index (χ4n) is 1.19. The van der Waals surface area contributed by atoms with E-state index in [0.29, 0.717) is 11.8 Å². The molecule has 72 valence electrons. The summed E-state index contributed by atoms with van der Waals surface area (Å²) in [6.45, 7) is 2.45. The van der Waals surface area contributed by atoms with Crippen LogP contribution >= 0.6 is 11.6 Å². The average molecular weight is 201 g/mol. The van der Waals surface area contributed by atoms with Gasteiger partial charge in [0.2, 0.25) is 0 Å². The number of nitrogens with zero attached hydrogens (tertiary/aromatic N) is 1. The molecule has 1 aromatic rings. The van der Waals surface area contributed by atoms with E-state index in [9.17, 15) is 0 Å². The molecule has 0 aliphatic rings. The average Bonchev–Trinajstić information content (AvgIpc) is 2.04. The highest BCUT2D eigenvalue weighted by Crippen LogP contribution is 2.17. The largest absolute Gasteiger partial charge is 0.383 e. The third kappa shape index (κ3) is 2.66. The van der Waals surface area contributed by atoms with Gasteiger partial charge in [0.25, 0.3) is 0 Å². The van der Waals surface area contributed by atoms with Gasteiger partial charge in [0.15, 0.2) is 0 Å². The number of nitrogens with two attached hydrogens (primary N) is 1. The molecule has 0 amide bonds. The van der Waals surface area contributed by atoms with Gasteiger partial charge < -0.3 is 10.5 Å². The lowest BCUT2D eigenvalue weighted by molar-refractivity contribution is 0.180. The van der Waals surface area contributed by atoms with E-state index in [1.807, 2.05) is 6.92 Å². The number of pyridine rings is 1. The lowest BCUT2D eigenvalue weighted by Gasteiger charge is -2.12. The van der Waals surface area contributed by atoms with E-state index >= 15 is 0 Å². The maximum absolute atomic E-state index is 5.85. The third-order valence-electron chi connectivity index (χ3n) is 1.86. The monoisotopic (exact) mass is 200 g/mol. The summed E-state index contributed by atoms with van der Waals surface area (Å²) in [6, 6.07) is 1.67. The van der Waals surface area contributed by atoms with E-state index in [0.717, 1.165) is 11.1 Å². The first kappa shape index (κ1) is 10.4. The van der Waals surface area contributed by atoms with Crippen LogP contribution in [0.5, 0.6) is 0 Å². The van der Waals surface area contributed by atoms with Crippen molar-refractivity contribution in [3.63, 3.8) is 0 Å². The molecule has 13 heavy (non-hydrogen) atoms. The van der Waals surface area contributed by atoms with Gasteiger partial charge in [-0.2, -0.15) is 0 Å². The molecule has 0 spiro atoms. The van der Waals surface area contributed by atoms with E-state index in [1.165, 1.54) is 0 Å². The molecule has 0 aliphatic carbocycles. The molecule has 1 aromatic heterocycles. The summed E-state index contributed by atoms with van der Waals surface area (Å²) in [4.78, 5) is 3.97. The fourth-order valence-corrected chi connectivity index (χ4v) is 1.40. The molecule has 0 aliphatic heterocycles. The van der Waals surface area contributed by atoms with Gasteiger partial charge in [0, 0.05) is 13.3 Å². The molecule has 2 N–H and O–H groups in total. The van der Waals surface area contributed by atoms with Crippen molar-refractivity contribution in [3.8, 4) is 0 Å². The SMILES string of the molecule is COC[C@H](N)c1cnc(Cl)cc1C.